The van der Waals surface area contributed by atoms with Crippen molar-refractivity contribution in [1.82, 2.24) is 4.98 Å². The highest BCUT2D eigenvalue weighted by molar-refractivity contribution is 7.99. The largest absolute Gasteiger partial charge is 0.494 e. The third-order valence-corrected chi connectivity index (χ3v) is 3.85. The molecular formula is C16H16N2O2S. The van der Waals surface area contributed by atoms with Crippen molar-refractivity contribution in [1.29, 1.82) is 0 Å². The predicted octanol–water partition coefficient (Wildman–Crippen LogP) is 3.97. The van der Waals surface area contributed by atoms with Gasteiger partial charge in [-0.25, -0.2) is 4.98 Å². The Labute approximate surface area is 127 Å². The lowest BCUT2D eigenvalue weighted by Crippen LogP contribution is -1.98. The Bertz CT molecular complexity index is 677. The number of benzene rings is 2. The Morgan fingerprint density at radius 2 is 1.90 bits per heavy atom. The van der Waals surface area contributed by atoms with Gasteiger partial charge in [0.05, 0.1) is 6.61 Å². The summed E-state index contributed by atoms with van der Waals surface area (Å²) in [6, 6.07) is 15.2. The van der Waals surface area contributed by atoms with Crippen LogP contribution in [0.1, 0.15) is 6.42 Å². The SMILES string of the molecule is Nc1ccc(OCCCSc2nc3ccccc3o2)cc1. The van der Waals surface area contributed by atoms with Gasteiger partial charge in [-0.1, -0.05) is 23.9 Å². The van der Waals surface area contributed by atoms with Gasteiger partial charge in [0.15, 0.2) is 5.58 Å². The van der Waals surface area contributed by atoms with E-state index in [1.807, 2.05) is 48.5 Å². The molecule has 21 heavy (non-hydrogen) atoms. The average molecular weight is 300 g/mol. The Kier molecular flexibility index (Phi) is 4.31. The Balaban J connectivity index is 1.42. The van der Waals surface area contributed by atoms with Crippen LogP contribution >= 0.6 is 11.8 Å². The van der Waals surface area contributed by atoms with Crippen molar-refractivity contribution >= 4 is 28.5 Å². The first-order chi connectivity index (χ1) is 10.3. The van der Waals surface area contributed by atoms with E-state index in [1.165, 1.54) is 0 Å². The fourth-order valence-corrected chi connectivity index (χ4v) is 2.63. The van der Waals surface area contributed by atoms with E-state index in [0.29, 0.717) is 11.8 Å². The minimum atomic E-state index is 0.664. The zero-order valence-electron chi connectivity index (χ0n) is 11.5. The Hall–Kier alpha value is -2.14. The Morgan fingerprint density at radius 3 is 2.71 bits per heavy atom. The van der Waals surface area contributed by atoms with Gasteiger partial charge in [-0.15, -0.1) is 0 Å². The van der Waals surface area contributed by atoms with E-state index in [9.17, 15) is 0 Å². The summed E-state index contributed by atoms with van der Waals surface area (Å²) >= 11 is 1.61. The van der Waals surface area contributed by atoms with Crippen molar-refractivity contribution in [2.75, 3.05) is 18.1 Å². The first kappa shape index (κ1) is 13.8. The van der Waals surface area contributed by atoms with Gasteiger partial charge >= 0.3 is 0 Å². The maximum atomic E-state index is 5.64. The minimum Gasteiger partial charge on any atom is -0.494 e. The summed E-state index contributed by atoms with van der Waals surface area (Å²) in [5.41, 5.74) is 8.10. The average Bonchev–Trinajstić information content (AvgIpc) is 2.91. The molecular weight excluding hydrogens is 284 g/mol. The van der Waals surface area contributed by atoms with Gasteiger partial charge in [-0.3, -0.25) is 0 Å². The molecule has 0 aliphatic heterocycles. The highest BCUT2D eigenvalue weighted by Crippen LogP contribution is 2.23. The fourth-order valence-electron chi connectivity index (χ4n) is 1.89. The maximum Gasteiger partial charge on any atom is 0.256 e. The number of rotatable bonds is 6. The zero-order chi connectivity index (χ0) is 14.5. The molecule has 0 saturated heterocycles. The van der Waals surface area contributed by atoms with Crippen molar-refractivity contribution in [3.05, 3.63) is 48.5 Å². The molecule has 108 valence electrons. The normalized spacial score (nSPS) is 10.9. The van der Waals surface area contributed by atoms with E-state index in [4.69, 9.17) is 14.9 Å². The van der Waals surface area contributed by atoms with Crippen molar-refractivity contribution in [2.45, 2.75) is 11.6 Å². The van der Waals surface area contributed by atoms with Gasteiger partial charge in [0, 0.05) is 11.4 Å². The topological polar surface area (TPSA) is 61.3 Å². The lowest BCUT2D eigenvalue weighted by molar-refractivity contribution is 0.318. The molecule has 0 aliphatic carbocycles. The van der Waals surface area contributed by atoms with Crippen molar-refractivity contribution in [3.63, 3.8) is 0 Å². The van der Waals surface area contributed by atoms with Crippen LogP contribution in [0.4, 0.5) is 5.69 Å². The highest BCUT2D eigenvalue weighted by atomic mass is 32.2. The number of aromatic nitrogens is 1. The van der Waals surface area contributed by atoms with Gasteiger partial charge in [-0.2, -0.15) is 0 Å². The van der Waals surface area contributed by atoms with Crippen LogP contribution in [0, 0.1) is 0 Å². The van der Waals surface area contributed by atoms with E-state index in [0.717, 1.165) is 34.7 Å². The van der Waals surface area contributed by atoms with Crippen molar-refractivity contribution in [3.8, 4) is 5.75 Å². The first-order valence-corrected chi connectivity index (χ1v) is 7.76. The molecule has 0 radical (unpaired) electrons. The van der Waals surface area contributed by atoms with Gasteiger partial charge in [0.2, 0.25) is 0 Å². The molecule has 0 aliphatic rings. The van der Waals surface area contributed by atoms with E-state index in [1.54, 1.807) is 11.8 Å². The molecule has 0 bridgehead atoms. The second-order valence-corrected chi connectivity index (χ2v) is 5.61. The number of ether oxygens (including phenoxy) is 1. The molecule has 0 amide bonds. The van der Waals surface area contributed by atoms with Crippen molar-refractivity contribution in [2.24, 2.45) is 0 Å². The van der Waals surface area contributed by atoms with Gasteiger partial charge in [-0.05, 0) is 42.8 Å². The number of thioether (sulfide) groups is 1. The molecule has 0 atom stereocenters. The zero-order valence-corrected chi connectivity index (χ0v) is 12.3. The molecule has 2 N–H and O–H groups in total. The third-order valence-electron chi connectivity index (χ3n) is 2.94. The minimum absolute atomic E-state index is 0.664. The number of oxazole rings is 1. The lowest BCUT2D eigenvalue weighted by Gasteiger charge is -2.05. The van der Waals surface area contributed by atoms with E-state index >= 15 is 0 Å². The fraction of sp³-hybridized carbons (Fsp3) is 0.188. The number of fused-ring (bicyclic) bond motifs is 1. The molecule has 1 heterocycles. The number of nitrogen functional groups attached to an aromatic ring is 1. The summed E-state index contributed by atoms with van der Waals surface area (Å²) in [4.78, 5) is 4.42. The maximum absolute atomic E-state index is 5.64. The summed E-state index contributed by atoms with van der Waals surface area (Å²) in [6.45, 7) is 0.664. The molecule has 5 heteroatoms. The molecule has 3 aromatic rings. The van der Waals surface area contributed by atoms with E-state index in [-0.39, 0.29) is 0 Å². The van der Waals surface area contributed by atoms with Crippen LogP contribution in [-0.2, 0) is 0 Å². The predicted molar refractivity (Wildman–Crippen MR) is 85.7 cm³/mol. The molecule has 3 rings (SSSR count). The number of anilines is 1. The second kappa shape index (κ2) is 6.54. The quantitative estimate of drug-likeness (QED) is 0.424. The van der Waals surface area contributed by atoms with Crippen LogP contribution < -0.4 is 10.5 Å². The second-order valence-electron chi connectivity index (χ2n) is 4.57. The summed E-state index contributed by atoms with van der Waals surface area (Å²) in [7, 11) is 0. The van der Waals surface area contributed by atoms with Crippen LogP contribution in [0.5, 0.6) is 5.75 Å². The standard InChI is InChI=1S/C16H16N2O2S/c17-12-6-8-13(9-7-12)19-10-3-11-21-16-18-14-4-1-2-5-15(14)20-16/h1-2,4-9H,3,10-11,17H2. The summed E-state index contributed by atoms with van der Waals surface area (Å²) in [5.74, 6) is 1.75. The van der Waals surface area contributed by atoms with Gasteiger partial charge < -0.3 is 14.9 Å². The van der Waals surface area contributed by atoms with Crippen LogP contribution in [-0.4, -0.2) is 17.3 Å². The molecule has 0 spiro atoms. The molecule has 4 nitrogen and oxygen atoms in total. The van der Waals surface area contributed by atoms with E-state index < -0.39 is 0 Å². The van der Waals surface area contributed by atoms with Gasteiger partial charge in [0.25, 0.3) is 5.22 Å². The highest BCUT2D eigenvalue weighted by Gasteiger charge is 2.05. The smallest absolute Gasteiger partial charge is 0.256 e. The number of nitrogens with two attached hydrogens (primary N) is 1. The molecule has 0 fully saturated rings. The lowest BCUT2D eigenvalue weighted by atomic mass is 10.3. The molecule has 1 aromatic heterocycles. The number of nitrogens with zero attached hydrogens (tertiary/aromatic N) is 1. The van der Waals surface area contributed by atoms with Crippen LogP contribution in [0.2, 0.25) is 0 Å². The molecule has 0 unspecified atom stereocenters. The number of hydrogen-bond donors (Lipinski definition) is 1. The number of hydrogen-bond acceptors (Lipinski definition) is 5. The van der Waals surface area contributed by atoms with E-state index in [2.05, 4.69) is 4.98 Å². The third kappa shape index (κ3) is 3.70. The van der Waals surface area contributed by atoms with Crippen molar-refractivity contribution < 1.29 is 9.15 Å². The summed E-state index contributed by atoms with van der Waals surface area (Å²) in [6.07, 6.45) is 0.924. The van der Waals surface area contributed by atoms with Crippen LogP contribution in [0.15, 0.2) is 58.2 Å². The first-order valence-electron chi connectivity index (χ1n) is 6.78. The summed E-state index contributed by atoms with van der Waals surface area (Å²) in [5, 5.41) is 0.712. The van der Waals surface area contributed by atoms with Crippen LogP contribution in [0.3, 0.4) is 0 Å². The summed E-state index contributed by atoms with van der Waals surface area (Å²) < 4.78 is 11.3. The van der Waals surface area contributed by atoms with Crippen LogP contribution in [0.25, 0.3) is 11.1 Å². The molecule has 0 saturated carbocycles. The number of para-hydroxylation sites is 2. The monoisotopic (exact) mass is 300 g/mol. The Morgan fingerprint density at radius 1 is 1.10 bits per heavy atom. The molecule has 2 aromatic carbocycles. The van der Waals surface area contributed by atoms with Gasteiger partial charge in [0.1, 0.15) is 11.3 Å².